The van der Waals surface area contributed by atoms with Crippen LogP contribution in [-0.4, -0.2) is 75.0 Å². The first-order chi connectivity index (χ1) is 17.4. The number of esters is 1. The molecule has 2 fully saturated rings. The van der Waals surface area contributed by atoms with Crippen LogP contribution in [0.5, 0.6) is 0 Å². The van der Waals surface area contributed by atoms with Crippen LogP contribution in [0.1, 0.15) is 81.3 Å². The number of pyridine rings is 1. The van der Waals surface area contributed by atoms with Gasteiger partial charge in [0.1, 0.15) is 0 Å². The van der Waals surface area contributed by atoms with Crippen molar-refractivity contribution in [1.29, 1.82) is 0 Å². The zero-order chi connectivity index (χ0) is 25.8. The van der Waals surface area contributed by atoms with Gasteiger partial charge in [0.05, 0.1) is 24.0 Å². The number of fused-ring (bicyclic) bond motifs is 1. The maximum Gasteiger partial charge on any atom is 0.329 e. The van der Waals surface area contributed by atoms with E-state index >= 15 is 0 Å². The molecule has 1 aliphatic heterocycles. The van der Waals surface area contributed by atoms with Crippen LogP contribution in [0.2, 0.25) is 0 Å². The van der Waals surface area contributed by atoms with Gasteiger partial charge in [0.2, 0.25) is 0 Å². The van der Waals surface area contributed by atoms with Gasteiger partial charge in [-0.25, -0.2) is 9.78 Å². The van der Waals surface area contributed by atoms with Gasteiger partial charge in [-0.2, -0.15) is 0 Å². The Labute approximate surface area is 210 Å². The number of likely N-dealkylation sites (tertiary alicyclic amines) is 1. The van der Waals surface area contributed by atoms with E-state index in [4.69, 9.17) is 9.72 Å². The first-order valence-electron chi connectivity index (χ1n) is 13.2. The molecule has 1 atom stereocenters. The van der Waals surface area contributed by atoms with Crippen molar-refractivity contribution in [3.8, 4) is 0 Å². The Kier molecular flexibility index (Phi) is 8.23. The van der Waals surface area contributed by atoms with Gasteiger partial charge in [0.15, 0.2) is 5.65 Å². The third-order valence-corrected chi connectivity index (χ3v) is 7.16. The van der Waals surface area contributed by atoms with Crippen LogP contribution in [0.4, 0.5) is 0 Å². The standard InChI is InChI=1S/C26H37N5O5/c1-4-12-31-23-22(24(33)28-26(31)35)19(15-20(27-23)17-9-10-17)25(34)30(14-11-21(32)36-6-3)16-18-8-7-13-29(18)5-2/h15,17-18H,4-14,16H2,1-3H3,(H,28,33,35). The fourth-order valence-corrected chi connectivity index (χ4v) is 5.16. The van der Waals surface area contributed by atoms with E-state index < -0.39 is 11.2 Å². The molecule has 2 aromatic heterocycles. The van der Waals surface area contributed by atoms with E-state index in [9.17, 15) is 19.2 Å². The Hall–Kier alpha value is -3.01. The van der Waals surface area contributed by atoms with Gasteiger partial charge in [-0.1, -0.05) is 13.8 Å². The highest BCUT2D eigenvalue weighted by atomic mass is 16.5. The first-order valence-corrected chi connectivity index (χ1v) is 13.2. The van der Waals surface area contributed by atoms with E-state index in [1.54, 1.807) is 17.9 Å². The third kappa shape index (κ3) is 5.53. The second kappa shape index (κ2) is 11.4. The van der Waals surface area contributed by atoms with Crippen molar-refractivity contribution in [3.05, 3.63) is 38.2 Å². The number of aromatic amines is 1. The minimum Gasteiger partial charge on any atom is -0.466 e. The number of amides is 1. The van der Waals surface area contributed by atoms with Gasteiger partial charge in [0, 0.05) is 37.3 Å². The fraction of sp³-hybridized carbons (Fsp3) is 0.654. The van der Waals surface area contributed by atoms with Gasteiger partial charge < -0.3 is 9.64 Å². The van der Waals surface area contributed by atoms with Crippen LogP contribution >= 0.6 is 0 Å². The summed E-state index contributed by atoms with van der Waals surface area (Å²) in [4.78, 5) is 63.0. The van der Waals surface area contributed by atoms with Crippen molar-refractivity contribution < 1.29 is 14.3 Å². The maximum absolute atomic E-state index is 14.1. The van der Waals surface area contributed by atoms with Crippen molar-refractivity contribution in [2.24, 2.45) is 0 Å². The van der Waals surface area contributed by atoms with Crippen molar-refractivity contribution >= 4 is 22.9 Å². The van der Waals surface area contributed by atoms with Crippen LogP contribution in [0.3, 0.4) is 0 Å². The summed E-state index contributed by atoms with van der Waals surface area (Å²) in [6.07, 6.45) is 4.72. The van der Waals surface area contributed by atoms with E-state index in [1.165, 1.54) is 4.57 Å². The van der Waals surface area contributed by atoms with Gasteiger partial charge in [-0.3, -0.25) is 28.8 Å². The molecule has 1 aliphatic carbocycles. The summed E-state index contributed by atoms with van der Waals surface area (Å²) in [6.45, 7) is 8.99. The molecule has 36 heavy (non-hydrogen) atoms. The summed E-state index contributed by atoms with van der Waals surface area (Å²) in [7, 11) is 0. The molecule has 1 amide bonds. The number of aromatic nitrogens is 3. The monoisotopic (exact) mass is 499 g/mol. The number of carbonyl (C=O) groups excluding carboxylic acids is 2. The normalized spacial score (nSPS) is 18.0. The van der Waals surface area contributed by atoms with E-state index in [0.29, 0.717) is 19.5 Å². The van der Waals surface area contributed by atoms with Gasteiger partial charge in [-0.05, 0) is 58.2 Å². The van der Waals surface area contributed by atoms with Crippen molar-refractivity contribution in [3.63, 3.8) is 0 Å². The number of rotatable bonds is 11. The highest BCUT2D eigenvalue weighted by Crippen LogP contribution is 2.40. The van der Waals surface area contributed by atoms with E-state index in [-0.39, 0.29) is 60.0 Å². The quantitative estimate of drug-likeness (QED) is 0.471. The van der Waals surface area contributed by atoms with E-state index in [2.05, 4.69) is 16.8 Å². The summed E-state index contributed by atoms with van der Waals surface area (Å²) < 4.78 is 6.56. The Bertz CT molecular complexity index is 1230. The average molecular weight is 500 g/mol. The Balaban J connectivity index is 1.78. The predicted octanol–water partition coefficient (Wildman–Crippen LogP) is 2.25. The largest absolute Gasteiger partial charge is 0.466 e. The number of hydrogen-bond acceptors (Lipinski definition) is 7. The molecule has 196 valence electrons. The first kappa shape index (κ1) is 26.1. The molecule has 0 radical (unpaired) electrons. The number of nitrogens with one attached hydrogen (secondary N) is 1. The lowest BCUT2D eigenvalue weighted by Crippen LogP contribution is -2.44. The molecule has 0 bridgehead atoms. The van der Waals surface area contributed by atoms with Gasteiger partial charge in [0.25, 0.3) is 11.5 Å². The van der Waals surface area contributed by atoms with E-state index in [0.717, 1.165) is 44.5 Å². The summed E-state index contributed by atoms with van der Waals surface area (Å²) >= 11 is 0. The van der Waals surface area contributed by atoms with E-state index in [1.807, 2.05) is 6.92 Å². The molecule has 1 saturated heterocycles. The SMILES string of the molecule is CCCn1c(=O)[nH]c(=O)c2c(C(=O)N(CCC(=O)OCC)CC3CCCN3CC)cc(C3CC3)nc21. The number of aryl methyl sites for hydroxylation is 1. The van der Waals surface area contributed by atoms with Crippen molar-refractivity contribution in [2.75, 3.05) is 32.8 Å². The molecule has 10 heteroatoms. The number of nitrogens with zero attached hydrogens (tertiary/aromatic N) is 4. The Morgan fingerprint density at radius 2 is 1.97 bits per heavy atom. The molecule has 2 aromatic rings. The summed E-state index contributed by atoms with van der Waals surface area (Å²) in [6, 6.07) is 1.91. The van der Waals surface area contributed by atoms with Crippen molar-refractivity contribution in [2.45, 2.75) is 77.8 Å². The Morgan fingerprint density at radius 1 is 1.19 bits per heavy atom. The zero-order valence-electron chi connectivity index (χ0n) is 21.5. The summed E-state index contributed by atoms with van der Waals surface area (Å²) in [5.74, 6) is -0.450. The lowest BCUT2D eigenvalue weighted by atomic mass is 10.1. The number of H-pyrrole nitrogens is 1. The molecule has 3 heterocycles. The Morgan fingerprint density at radius 3 is 2.64 bits per heavy atom. The maximum atomic E-state index is 14.1. The molecule has 1 unspecified atom stereocenters. The molecule has 1 saturated carbocycles. The molecule has 0 spiro atoms. The van der Waals surface area contributed by atoms with Crippen LogP contribution in [-0.2, 0) is 16.1 Å². The highest BCUT2D eigenvalue weighted by Gasteiger charge is 2.32. The van der Waals surface area contributed by atoms with Crippen molar-refractivity contribution in [1.82, 2.24) is 24.3 Å². The number of carbonyl (C=O) groups is 2. The zero-order valence-corrected chi connectivity index (χ0v) is 21.5. The second-order valence-electron chi connectivity index (χ2n) is 9.71. The molecule has 0 aromatic carbocycles. The predicted molar refractivity (Wildman–Crippen MR) is 136 cm³/mol. The minimum atomic E-state index is -0.609. The molecular weight excluding hydrogens is 462 g/mol. The molecular formula is C26H37N5O5. The lowest BCUT2D eigenvalue weighted by Gasteiger charge is -2.30. The number of hydrogen-bond donors (Lipinski definition) is 1. The second-order valence-corrected chi connectivity index (χ2v) is 9.71. The number of likely N-dealkylation sites (N-methyl/N-ethyl adjacent to an activating group) is 1. The number of ether oxygens (including phenoxy) is 1. The van der Waals surface area contributed by atoms with Gasteiger partial charge in [-0.15, -0.1) is 0 Å². The molecule has 2 aliphatic rings. The fourth-order valence-electron chi connectivity index (χ4n) is 5.16. The minimum absolute atomic E-state index is 0.0772. The third-order valence-electron chi connectivity index (χ3n) is 7.16. The topological polar surface area (TPSA) is 118 Å². The van der Waals surface area contributed by atoms with Crippen LogP contribution < -0.4 is 11.2 Å². The van der Waals surface area contributed by atoms with Crippen LogP contribution in [0, 0.1) is 0 Å². The lowest BCUT2D eigenvalue weighted by molar-refractivity contribution is -0.143. The molecule has 1 N–H and O–H groups in total. The van der Waals surface area contributed by atoms with Gasteiger partial charge >= 0.3 is 11.7 Å². The summed E-state index contributed by atoms with van der Waals surface area (Å²) in [5, 5.41) is 0.136. The van der Waals surface area contributed by atoms with Crippen LogP contribution in [0.15, 0.2) is 15.7 Å². The average Bonchev–Trinajstić information content (AvgIpc) is 3.62. The molecule has 10 nitrogen and oxygen atoms in total. The van der Waals surface area contributed by atoms with Crippen LogP contribution in [0.25, 0.3) is 11.0 Å². The summed E-state index contributed by atoms with van der Waals surface area (Å²) in [5.41, 5.74) is 0.124. The smallest absolute Gasteiger partial charge is 0.329 e. The highest BCUT2D eigenvalue weighted by molar-refractivity contribution is 6.05. The molecule has 4 rings (SSSR count).